The zero-order valence-electron chi connectivity index (χ0n) is 21.7. The molecule has 0 heterocycles. The standard InChI is InChI=1S/C28H29N3O7/c1-34-21-12-11-20(23(16-21)35-2)15-22(30-27(32)19-9-7-6-8-10-19)28(33)31-29-17-18-13-24(36-3)26(38-5)25(14-18)37-4/h6-17H,1-5H3,(H,30,32)(H,31,33)/b22-15-,29-17+. The van der Waals surface area contributed by atoms with E-state index in [9.17, 15) is 9.59 Å². The van der Waals surface area contributed by atoms with Crippen LogP contribution in [0, 0.1) is 0 Å². The summed E-state index contributed by atoms with van der Waals surface area (Å²) in [7, 11) is 7.54. The number of hydrogen-bond acceptors (Lipinski definition) is 8. The van der Waals surface area contributed by atoms with E-state index in [-0.39, 0.29) is 5.70 Å². The molecule has 0 saturated carbocycles. The van der Waals surface area contributed by atoms with Crippen molar-refractivity contribution in [3.8, 4) is 28.7 Å². The molecule has 0 spiro atoms. The van der Waals surface area contributed by atoms with E-state index >= 15 is 0 Å². The monoisotopic (exact) mass is 519 g/mol. The van der Waals surface area contributed by atoms with Crippen molar-refractivity contribution < 1.29 is 33.3 Å². The third-order valence-electron chi connectivity index (χ3n) is 5.34. The minimum Gasteiger partial charge on any atom is -0.497 e. The number of carbonyl (C=O) groups excluding carboxylic acids is 2. The molecule has 2 N–H and O–H groups in total. The molecule has 2 amide bonds. The van der Waals surface area contributed by atoms with Gasteiger partial charge in [-0.15, -0.1) is 0 Å². The molecule has 0 atom stereocenters. The Labute approximate surface area is 220 Å². The summed E-state index contributed by atoms with van der Waals surface area (Å²) in [6, 6.07) is 17.0. The Morgan fingerprint density at radius 1 is 0.763 bits per heavy atom. The first-order valence-corrected chi connectivity index (χ1v) is 11.4. The predicted octanol–water partition coefficient (Wildman–Crippen LogP) is 3.65. The average Bonchev–Trinajstić information content (AvgIpc) is 2.96. The summed E-state index contributed by atoms with van der Waals surface area (Å²) in [5.41, 5.74) is 3.89. The number of nitrogens with one attached hydrogen (secondary N) is 2. The third kappa shape index (κ3) is 6.82. The van der Waals surface area contributed by atoms with Crippen molar-refractivity contribution in [2.75, 3.05) is 35.5 Å². The first kappa shape index (κ1) is 27.6. The van der Waals surface area contributed by atoms with Gasteiger partial charge >= 0.3 is 0 Å². The molecule has 10 nitrogen and oxygen atoms in total. The lowest BCUT2D eigenvalue weighted by molar-refractivity contribution is -0.117. The van der Waals surface area contributed by atoms with Gasteiger partial charge in [-0.2, -0.15) is 5.10 Å². The zero-order chi connectivity index (χ0) is 27.5. The fourth-order valence-electron chi connectivity index (χ4n) is 3.44. The van der Waals surface area contributed by atoms with Crippen LogP contribution in [-0.4, -0.2) is 53.6 Å². The molecule has 3 rings (SSSR count). The highest BCUT2D eigenvalue weighted by Gasteiger charge is 2.16. The highest BCUT2D eigenvalue weighted by molar-refractivity contribution is 6.05. The van der Waals surface area contributed by atoms with Crippen molar-refractivity contribution in [2.24, 2.45) is 5.10 Å². The molecule has 0 bridgehead atoms. The fraction of sp³-hybridized carbons (Fsp3) is 0.179. The van der Waals surface area contributed by atoms with Crippen molar-refractivity contribution in [3.05, 3.63) is 83.1 Å². The first-order valence-electron chi connectivity index (χ1n) is 11.4. The van der Waals surface area contributed by atoms with E-state index in [4.69, 9.17) is 23.7 Å². The molecule has 0 fully saturated rings. The Kier molecular flexibility index (Phi) is 9.70. The number of rotatable bonds is 11. The molecule has 0 aliphatic carbocycles. The Balaban J connectivity index is 1.90. The predicted molar refractivity (Wildman–Crippen MR) is 143 cm³/mol. The normalized spacial score (nSPS) is 11.0. The molecular formula is C28H29N3O7. The molecule has 0 aromatic heterocycles. The molecule has 0 radical (unpaired) electrons. The third-order valence-corrected chi connectivity index (χ3v) is 5.34. The van der Waals surface area contributed by atoms with Crippen LogP contribution in [0.25, 0.3) is 6.08 Å². The molecular weight excluding hydrogens is 490 g/mol. The maximum absolute atomic E-state index is 13.1. The van der Waals surface area contributed by atoms with Crippen LogP contribution >= 0.6 is 0 Å². The molecule has 3 aromatic carbocycles. The molecule has 10 heteroatoms. The van der Waals surface area contributed by atoms with Gasteiger partial charge in [-0.05, 0) is 42.5 Å². The second-order valence-corrected chi connectivity index (χ2v) is 7.64. The molecule has 198 valence electrons. The number of hydrazone groups is 1. The van der Waals surface area contributed by atoms with Gasteiger partial charge < -0.3 is 29.0 Å². The van der Waals surface area contributed by atoms with Crippen molar-refractivity contribution >= 4 is 24.1 Å². The highest BCUT2D eigenvalue weighted by Crippen LogP contribution is 2.37. The Morgan fingerprint density at radius 2 is 1.42 bits per heavy atom. The van der Waals surface area contributed by atoms with E-state index in [1.807, 2.05) is 0 Å². The summed E-state index contributed by atoms with van der Waals surface area (Å²) in [5.74, 6) is 1.20. The van der Waals surface area contributed by atoms with Crippen LogP contribution in [0.3, 0.4) is 0 Å². The molecule has 0 aliphatic rings. The number of benzene rings is 3. The van der Waals surface area contributed by atoms with Gasteiger partial charge in [-0.3, -0.25) is 9.59 Å². The molecule has 0 unspecified atom stereocenters. The van der Waals surface area contributed by atoms with E-state index in [1.165, 1.54) is 47.8 Å². The van der Waals surface area contributed by atoms with E-state index in [1.54, 1.807) is 60.7 Å². The van der Waals surface area contributed by atoms with E-state index < -0.39 is 11.8 Å². The number of carbonyl (C=O) groups is 2. The lowest BCUT2D eigenvalue weighted by Gasteiger charge is -2.13. The summed E-state index contributed by atoms with van der Waals surface area (Å²) in [4.78, 5) is 26.0. The smallest absolute Gasteiger partial charge is 0.287 e. The van der Waals surface area contributed by atoms with Gasteiger partial charge in [0.15, 0.2) is 11.5 Å². The maximum Gasteiger partial charge on any atom is 0.287 e. The molecule has 0 saturated heterocycles. The second-order valence-electron chi connectivity index (χ2n) is 7.64. The van der Waals surface area contributed by atoms with Crippen molar-refractivity contribution in [1.29, 1.82) is 0 Å². The fourth-order valence-corrected chi connectivity index (χ4v) is 3.44. The number of methoxy groups -OCH3 is 5. The average molecular weight is 520 g/mol. The Bertz CT molecular complexity index is 1310. The minimum atomic E-state index is -0.657. The number of ether oxygens (including phenoxy) is 5. The topological polar surface area (TPSA) is 117 Å². The van der Waals surface area contributed by atoms with Crippen LogP contribution < -0.4 is 34.4 Å². The SMILES string of the molecule is COc1ccc(/C=C(\NC(=O)c2ccccc2)C(=O)N/N=C/c2cc(OC)c(OC)c(OC)c2)c(OC)c1. The van der Waals surface area contributed by atoms with Gasteiger partial charge in [0.2, 0.25) is 5.75 Å². The lowest BCUT2D eigenvalue weighted by Crippen LogP contribution is -2.32. The van der Waals surface area contributed by atoms with Crippen LogP contribution in [0.4, 0.5) is 0 Å². The summed E-state index contributed by atoms with van der Waals surface area (Å²) in [6.45, 7) is 0. The van der Waals surface area contributed by atoms with Gasteiger partial charge in [-0.25, -0.2) is 5.43 Å². The van der Waals surface area contributed by atoms with Gasteiger partial charge in [-0.1, -0.05) is 18.2 Å². The molecule has 0 aliphatic heterocycles. The summed E-state index contributed by atoms with van der Waals surface area (Å²) >= 11 is 0. The lowest BCUT2D eigenvalue weighted by atomic mass is 10.1. The quantitative estimate of drug-likeness (QED) is 0.226. The van der Waals surface area contributed by atoms with Crippen LogP contribution in [0.2, 0.25) is 0 Å². The first-order chi connectivity index (χ1) is 18.4. The maximum atomic E-state index is 13.1. The number of amides is 2. The number of hydrogen-bond donors (Lipinski definition) is 2. The summed E-state index contributed by atoms with van der Waals surface area (Å²) in [6.07, 6.45) is 2.90. The summed E-state index contributed by atoms with van der Waals surface area (Å²) < 4.78 is 26.7. The van der Waals surface area contributed by atoms with Crippen LogP contribution in [0.15, 0.2) is 71.5 Å². The van der Waals surface area contributed by atoms with E-state index in [2.05, 4.69) is 15.8 Å². The van der Waals surface area contributed by atoms with Gasteiger partial charge in [0.1, 0.15) is 17.2 Å². The van der Waals surface area contributed by atoms with Crippen molar-refractivity contribution in [2.45, 2.75) is 0 Å². The van der Waals surface area contributed by atoms with Gasteiger partial charge in [0.25, 0.3) is 11.8 Å². The minimum absolute atomic E-state index is 0.0515. The molecule has 38 heavy (non-hydrogen) atoms. The molecule has 3 aromatic rings. The zero-order valence-corrected chi connectivity index (χ0v) is 21.7. The van der Waals surface area contributed by atoms with Gasteiger partial charge in [0.05, 0.1) is 41.8 Å². The Hall–Kier alpha value is -4.99. The largest absolute Gasteiger partial charge is 0.497 e. The van der Waals surface area contributed by atoms with Crippen LogP contribution in [0.1, 0.15) is 21.5 Å². The Morgan fingerprint density at radius 3 is 2.00 bits per heavy atom. The van der Waals surface area contributed by atoms with E-state index in [0.717, 1.165) is 0 Å². The van der Waals surface area contributed by atoms with E-state index in [0.29, 0.717) is 45.4 Å². The van der Waals surface area contributed by atoms with Crippen LogP contribution in [-0.2, 0) is 4.79 Å². The van der Waals surface area contributed by atoms with Gasteiger partial charge in [0, 0.05) is 22.8 Å². The highest BCUT2D eigenvalue weighted by atomic mass is 16.5. The summed E-state index contributed by atoms with van der Waals surface area (Å²) in [5, 5.41) is 6.70. The number of nitrogens with zero attached hydrogens (tertiary/aromatic N) is 1. The van der Waals surface area contributed by atoms with Crippen LogP contribution in [0.5, 0.6) is 28.7 Å². The van der Waals surface area contributed by atoms with Crippen molar-refractivity contribution in [1.82, 2.24) is 10.7 Å². The van der Waals surface area contributed by atoms with Crippen molar-refractivity contribution in [3.63, 3.8) is 0 Å². The second kappa shape index (κ2) is 13.4.